The quantitative estimate of drug-likeness (QED) is 0.826. The van der Waals surface area contributed by atoms with Crippen molar-refractivity contribution in [1.29, 1.82) is 0 Å². The first-order valence-corrected chi connectivity index (χ1v) is 8.59. The molecule has 5 nitrogen and oxygen atoms in total. The van der Waals surface area contributed by atoms with E-state index in [-0.39, 0.29) is 11.7 Å². The number of amides is 2. The van der Waals surface area contributed by atoms with Gasteiger partial charge in [0.1, 0.15) is 5.82 Å². The van der Waals surface area contributed by atoms with Crippen LogP contribution in [0, 0.1) is 5.82 Å². The summed E-state index contributed by atoms with van der Waals surface area (Å²) in [6.07, 6.45) is -3.11. The number of halogens is 4. The molecule has 1 unspecified atom stereocenters. The molecule has 0 spiro atoms. The predicted molar refractivity (Wildman–Crippen MR) is 87.4 cm³/mol. The molecule has 0 aromatic heterocycles. The number of nitrogens with one attached hydrogen (secondary N) is 1. The number of hydrogen-bond acceptors (Lipinski definition) is 3. The smallest absolute Gasteiger partial charge is 0.379 e. The molecule has 0 saturated carbocycles. The van der Waals surface area contributed by atoms with Crippen molar-refractivity contribution in [3.05, 3.63) is 29.6 Å². The van der Waals surface area contributed by atoms with E-state index in [0.717, 1.165) is 32.0 Å². The molecule has 1 atom stereocenters. The molecule has 0 bridgehead atoms. The number of rotatable bonds is 3. The Balaban J connectivity index is 1.65. The first kappa shape index (κ1) is 18.9. The van der Waals surface area contributed by atoms with Crippen LogP contribution in [-0.4, -0.2) is 61.3 Å². The van der Waals surface area contributed by atoms with Gasteiger partial charge >= 0.3 is 12.2 Å². The molecule has 2 amide bonds. The van der Waals surface area contributed by atoms with E-state index >= 15 is 0 Å². The summed E-state index contributed by atoms with van der Waals surface area (Å²) in [5, 5.41) is 2.47. The molecule has 2 aliphatic heterocycles. The Hall–Kier alpha value is -1.87. The highest BCUT2D eigenvalue weighted by atomic mass is 19.4. The molecule has 2 heterocycles. The number of alkyl halides is 3. The summed E-state index contributed by atoms with van der Waals surface area (Å²) in [6, 6.07) is 2.03. The lowest BCUT2D eigenvalue weighted by molar-refractivity contribution is -0.139. The third-order valence-corrected chi connectivity index (χ3v) is 4.73. The molecule has 1 aromatic carbocycles. The van der Waals surface area contributed by atoms with Crippen LogP contribution in [0.2, 0.25) is 0 Å². The number of benzene rings is 1. The van der Waals surface area contributed by atoms with Crippen LogP contribution in [0.15, 0.2) is 18.2 Å². The van der Waals surface area contributed by atoms with Crippen molar-refractivity contribution in [2.75, 3.05) is 44.7 Å². The maximum absolute atomic E-state index is 13.4. The van der Waals surface area contributed by atoms with Crippen molar-refractivity contribution < 1.29 is 27.1 Å². The summed E-state index contributed by atoms with van der Waals surface area (Å²) in [6.45, 7) is 4.20. The highest BCUT2D eigenvalue weighted by Crippen LogP contribution is 2.33. The molecule has 9 heteroatoms. The minimum Gasteiger partial charge on any atom is -0.379 e. The number of nitrogens with zero attached hydrogens (tertiary/aromatic N) is 2. The zero-order valence-corrected chi connectivity index (χ0v) is 14.2. The van der Waals surface area contributed by atoms with Gasteiger partial charge in [-0.05, 0) is 31.0 Å². The second-order valence-electron chi connectivity index (χ2n) is 6.52. The minimum absolute atomic E-state index is 0.00985. The van der Waals surface area contributed by atoms with E-state index in [2.05, 4.69) is 10.2 Å². The Labute approximate surface area is 148 Å². The summed E-state index contributed by atoms with van der Waals surface area (Å²) in [5.74, 6) is -1.36. The number of ether oxygens (including phenoxy) is 1. The zero-order valence-electron chi connectivity index (χ0n) is 14.2. The average Bonchev–Trinajstić information content (AvgIpc) is 3.05. The number of anilines is 1. The first-order chi connectivity index (χ1) is 12.3. The van der Waals surface area contributed by atoms with Gasteiger partial charge in [-0.3, -0.25) is 4.90 Å². The van der Waals surface area contributed by atoms with E-state index in [1.54, 1.807) is 4.90 Å². The third-order valence-electron chi connectivity index (χ3n) is 4.73. The maximum atomic E-state index is 13.4. The van der Waals surface area contributed by atoms with Crippen LogP contribution in [-0.2, 0) is 10.9 Å². The minimum atomic E-state index is -4.81. The van der Waals surface area contributed by atoms with Gasteiger partial charge in [0.05, 0.1) is 18.8 Å². The highest BCUT2D eigenvalue weighted by molar-refractivity contribution is 5.89. The Morgan fingerprint density at radius 3 is 2.65 bits per heavy atom. The van der Waals surface area contributed by atoms with E-state index < -0.39 is 23.6 Å². The van der Waals surface area contributed by atoms with Crippen molar-refractivity contribution in [2.24, 2.45) is 0 Å². The fraction of sp³-hybridized carbons (Fsp3) is 0.588. The number of urea groups is 1. The van der Waals surface area contributed by atoms with Crippen molar-refractivity contribution in [1.82, 2.24) is 9.80 Å². The molecule has 2 aliphatic rings. The summed E-state index contributed by atoms with van der Waals surface area (Å²) in [4.78, 5) is 16.4. The van der Waals surface area contributed by atoms with Crippen LogP contribution < -0.4 is 5.32 Å². The van der Waals surface area contributed by atoms with Crippen molar-refractivity contribution in [2.45, 2.75) is 25.1 Å². The number of morpholine rings is 1. The fourth-order valence-electron chi connectivity index (χ4n) is 3.39. The normalized spacial score (nSPS) is 21.8. The Kier molecular flexibility index (Phi) is 5.67. The van der Waals surface area contributed by atoms with Gasteiger partial charge in [0, 0.05) is 37.9 Å². The molecular weight excluding hydrogens is 354 g/mol. The maximum Gasteiger partial charge on any atom is 0.419 e. The number of hydrogen-bond donors (Lipinski definition) is 1. The molecule has 0 radical (unpaired) electrons. The lowest BCUT2D eigenvalue weighted by Gasteiger charge is -2.33. The molecule has 2 saturated heterocycles. The van der Waals surface area contributed by atoms with E-state index in [1.807, 2.05) is 0 Å². The lowest BCUT2D eigenvalue weighted by Crippen LogP contribution is -2.47. The second-order valence-corrected chi connectivity index (χ2v) is 6.52. The summed E-state index contributed by atoms with van der Waals surface area (Å²) in [7, 11) is 0. The molecule has 2 fully saturated rings. The van der Waals surface area contributed by atoms with Crippen LogP contribution >= 0.6 is 0 Å². The van der Waals surface area contributed by atoms with Gasteiger partial charge < -0.3 is 15.0 Å². The summed E-state index contributed by atoms with van der Waals surface area (Å²) in [5.41, 5.74) is -1.46. The molecule has 26 heavy (non-hydrogen) atoms. The molecule has 1 aromatic rings. The Morgan fingerprint density at radius 1 is 1.23 bits per heavy atom. The van der Waals surface area contributed by atoms with Crippen molar-refractivity contribution in [3.8, 4) is 0 Å². The summed E-state index contributed by atoms with van der Waals surface area (Å²) >= 11 is 0. The zero-order chi connectivity index (χ0) is 18.7. The lowest BCUT2D eigenvalue weighted by atomic mass is 10.2. The van der Waals surface area contributed by atoms with Gasteiger partial charge in [-0.15, -0.1) is 0 Å². The standard InChI is InChI=1S/C17H21F4N3O2/c18-15-4-3-12(10-14(15)17(19,20)21)22-16(25)24-5-1-2-13(24)11-23-6-8-26-9-7-23/h3-4,10,13H,1-2,5-9,11H2,(H,22,25). The number of likely N-dealkylation sites (tertiary alicyclic amines) is 1. The Morgan fingerprint density at radius 2 is 1.96 bits per heavy atom. The van der Waals surface area contributed by atoms with Crippen LogP contribution in [0.1, 0.15) is 18.4 Å². The molecular formula is C17H21F4N3O2. The summed E-state index contributed by atoms with van der Waals surface area (Å²) < 4.78 is 57.1. The molecule has 3 rings (SSSR count). The van der Waals surface area contributed by atoms with E-state index in [1.165, 1.54) is 0 Å². The first-order valence-electron chi connectivity index (χ1n) is 8.59. The van der Waals surface area contributed by atoms with Crippen LogP contribution in [0.4, 0.5) is 28.0 Å². The van der Waals surface area contributed by atoms with E-state index in [4.69, 9.17) is 4.74 Å². The third kappa shape index (κ3) is 4.45. The fourth-order valence-corrected chi connectivity index (χ4v) is 3.39. The number of carbonyl (C=O) groups excluding carboxylic acids is 1. The highest BCUT2D eigenvalue weighted by Gasteiger charge is 2.35. The SMILES string of the molecule is O=C(Nc1ccc(F)c(C(F)(F)F)c1)N1CCCC1CN1CCOCC1. The second kappa shape index (κ2) is 7.79. The van der Waals surface area contributed by atoms with Crippen molar-refractivity contribution in [3.63, 3.8) is 0 Å². The monoisotopic (exact) mass is 375 g/mol. The van der Waals surface area contributed by atoms with Gasteiger partial charge in [-0.1, -0.05) is 0 Å². The molecule has 0 aliphatic carbocycles. The Bertz CT molecular complexity index is 647. The largest absolute Gasteiger partial charge is 0.419 e. The van der Waals surface area contributed by atoms with Gasteiger partial charge in [0.25, 0.3) is 0 Å². The van der Waals surface area contributed by atoms with Gasteiger partial charge in [0.2, 0.25) is 0 Å². The molecule has 1 N–H and O–H groups in total. The van der Waals surface area contributed by atoms with Crippen molar-refractivity contribution >= 4 is 11.7 Å². The van der Waals surface area contributed by atoms with Gasteiger partial charge in [0.15, 0.2) is 0 Å². The van der Waals surface area contributed by atoms with Crippen LogP contribution in [0.5, 0.6) is 0 Å². The van der Waals surface area contributed by atoms with Gasteiger partial charge in [-0.25, -0.2) is 9.18 Å². The van der Waals surface area contributed by atoms with Crippen LogP contribution in [0.25, 0.3) is 0 Å². The van der Waals surface area contributed by atoms with Gasteiger partial charge in [-0.2, -0.15) is 13.2 Å². The van der Waals surface area contributed by atoms with E-state index in [0.29, 0.717) is 38.4 Å². The number of carbonyl (C=O) groups is 1. The van der Waals surface area contributed by atoms with E-state index in [9.17, 15) is 22.4 Å². The van der Waals surface area contributed by atoms with Crippen LogP contribution in [0.3, 0.4) is 0 Å². The molecule has 144 valence electrons. The average molecular weight is 375 g/mol. The topological polar surface area (TPSA) is 44.8 Å². The predicted octanol–water partition coefficient (Wildman–Crippen LogP) is 3.17.